The summed E-state index contributed by atoms with van der Waals surface area (Å²) in [7, 11) is 0. The molecule has 32 heavy (non-hydrogen) atoms. The van der Waals surface area contributed by atoms with Gasteiger partial charge in [-0.2, -0.15) is 15.5 Å². The van der Waals surface area contributed by atoms with Gasteiger partial charge in [-0.05, 0) is 29.9 Å². The van der Waals surface area contributed by atoms with E-state index < -0.39 is 11.6 Å². The molecule has 170 valence electrons. The fourth-order valence-corrected chi connectivity index (χ4v) is 3.49. The lowest BCUT2D eigenvalue weighted by atomic mass is 9.92. The quantitative estimate of drug-likeness (QED) is 0.437. The van der Waals surface area contributed by atoms with Crippen LogP contribution >= 0.6 is 0 Å². The molecule has 6 nitrogen and oxygen atoms in total. The number of hydrogen-bond donors (Lipinski definition) is 2. The molecular weight excluding hydrogens is 398 g/mol. The summed E-state index contributed by atoms with van der Waals surface area (Å²) in [5.41, 5.74) is 1.09. The molecule has 2 aromatic carbocycles. The molecule has 0 aromatic heterocycles. The smallest absolute Gasteiger partial charge is 0.316 e. The van der Waals surface area contributed by atoms with E-state index in [2.05, 4.69) is 35.7 Å². The van der Waals surface area contributed by atoms with Gasteiger partial charge in [0.15, 0.2) is 5.66 Å². The van der Waals surface area contributed by atoms with Crippen LogP contribution in [0.1, 0.15) is 57.6 Å². The first-order chi connectivity index (χ1) is 15.4. The molecular formula is C26H35N5O. The fraction of sp³-hybridized carbons (Fsp3) is 0.462. The number of hydrogen-bond acceptors (Lipinski definition) is 4. The van der Waals surface area contributed by atoms with Crippen LogP contribution in [0, 0.1) is 17.2 Å². The zero-order chi connectivity index (χ0) is 23.4. The Labute approximate surface area is 192 Å². The average Bonchev–Trinajstić information content (AvgIpc) is 2.81. The van der Waals surface area contributed by atoms with Crippen LogP contribution in [-0.2, 0) is 6.42 Å². The number of carbonyl (C=O) groups is 1. The molecule has 3 atom stereocenters. The third-order valence-electron chi connectivity index (χ3n) is 5.44. The molecule has 0 saturated carbocycles. The number of azo groups is 1. The first-order valence-corrected chi connectivity index (χ1v) is 11.4. The molecule has 0 radical (unpaired) electrons. The molecule has 0 aliphatic carbocycles. The molecule has 2 rings (SSSR count). The molecule has 2 N–H and O–H groups in total. The zero-order valence-electron chi connectivity index (χ0n) is 19.6. The van der Waals surface area contributed by atoms with E-state index in [1.807, 2.05) is 74.5 Å². The van der Waals surface area contributed by atoms with Gasteiger partial charge in [0, 0.05) is 13.0 Å². The third kappa shape index (κ3) is 7.49. The number of nitriles is 1. The Morgan fingerprint density at radius 2 is 1.69 bits per heavy atom. The Bertz CT molecular complexity index is 891. The number of rotatable bonds is 11. The molecule has 0 bridgehead atoms. The van der Waals surface area contributed by atoms with Crippen LogP contribution in [0.2, 0.25) is 0 Å². The van der Waals surface area contributed by atoms with E-state index in [0.717, 1.165) is 11.1 Å². The average molecular weight is 434 g/mol. The topological polar surface area (TPSA) is 89.6 Å². The van der Waals surface area contributed by atoms with Crippen LogP contribution in [0.4, 0.5) is 4.79 Å². The molecule has 6 heteroatoms. The maximum Gasteiger partial charge on any atom is 0.316 e. The first-order valence-electron chi connectivity index (χ1n) is 11.4. The van der Waals surface area contributed by atoms with Gasteiger partial charge in [0.2, 0.25) is 0 Å². The highest BCUT2D eigenvalue weighted by Crippen LogP contribution is 2.27. The number of carbonyl (C=O) groups excluding carboxylic acids is 1. The van der Waals surface area contributed by atoms with E-state index in [4.69, 9.17) is 5.11 Å². The van der Waals surface area contributed by atoms with Crippen LogP contribution in [-0.4, -0.2) is 24.3 Å². The summed E-state index contributed by atoms with van der Waals surface area (Å²) in [6.07, 6.45) is 1.75. The van der Waals surface area contributed by atoms with Crippen molar-refractivity contribution < 1.29 is 4.79 Å². The van der Waals surface area contributed by atoms with Crippen molar-refractivity contribution in [3.8, 4) is 6.07 Å². The Morgan fingerprint density at radius 1 is 1.06 bits per heavy atom. The number of amides is 2. The second-order valence-corrected chi connectivity index (χ2v) is 8.48. The lowest BCUT2D eigenvalue weighted by Crippen LogP contribution is -2.52. The summed E-state index contributed by atoms with van der Waals surface area (Å²) in [4.78, 5) is 12.7. The van der Waals surface area contributed by atoms with Crippen LogP contribution in [0.3, 0.4) is 0 Å². The first kappa shape index (κ1) is 25.1. The minimum Gasteiger partial charge on any atom is -0.338 e. The normalized spacial score (nSPS) is 15.0. The summed E-state index contributed by atoms with van der Waals surface area (Å²) >= 11 is 0. The van der Waals surface area contributed by atoms with Crippen LogP contribution < -0.4 is 10.6 Å². The van der Waals surface area contributed by atoms with Crippen molar-refractivity contribution in [2.24, 2.45) is 16.1 Å². The van der Waals surface area contributed by atoms with Crippen molar-refractivity contribution in [1.29, 1.82) is 5.26 Å². The highest BCUT2D eigenvalue weighted by molar-refractivity contribution is 5.74. The molecule has 2 amide bonds. The number of urea groups is 1. The van der Waals surface area contributed by atoms with Gasteiger partial charge in [0.05, 0.1) is 18.0 Å². The van der Waals surface area contributed by atoms with Gasteiger partial charge in [0.1, 0.15) is 0 Å². The molecule has 2 aromatic rings. The minimum atomic E-state index is -0.896. The van der Waals surface area contributed by atoms with Crippen molar-refractivity contribution in [1.82, 2.24) is 10.6 Å². The van der Waals surface area contributed by atoms with Gasteiger partial charge in [0.25, 0.3) is 0 Å². The Hall–Kier alpha value is -3.20. The lowest BCUT2D eigenvalue weighted by Gasteiger charge is -2.30. The van der Waals surface area contributed by atoms with E-state index in [9.17, 15) is 10.1 Å². The van der Waals surface area contributed by atoms with Gasteiger partial charge in [-0.3, -0.25) is 0 Å². The standard InChI is InChI=1S/C26H35N5O/c1-5-24(23(18-27)22-15-11-8-12-16-22)30-31-26(6-2,17-21-13-9-7-10-14-21)29-25(32)28-19-20(3)4/h7-16,20,23-24H,5-6,17,19H2,1-4H3,(H2,28,29,32). The van der Waals surface area contributed by atoms with Crippen molar-refractivity contribution in [2.45, 2.75) is 64.6 Å². The summed E-state index contributed by atoms with van der Waals surface area (Å²) in [6.45, 7) is 8.67. The zero-order valence-corrected chi connectivity index (χ0v) is 19.6. The molecule has 0 aliphatic heterocycles. The molecule has 0 fully saturated rings. The van der Waals surface area contributed by atoms with Crippen molar-refractivity contribution in [2.75, 3.05) is 6.54 Å². The largest absolute Gasteiger partial charge is 0.338 e. The third-order valence-corrected chi connectivity index (χ3v) is 5.44. The van der Waals surface area contributed by atoms with Crippen LogP contribution in [0.5, 0.6) is 0 Å². The summed E-state index contributed by atoms with van der Waals surface area (Å²) in [6, 6.07) is 21.5. The monoisotopic (exact) mass is 433 g/mol. The molecule has 0 saturated heterocycles. The van der Waals surface area contributed by atoms with Crippen molar-refractivity contribution in [3.05, 3.63) is 71.8 Å². The maximum absolute atomic E-state index is 12.7. The molecule has 3 unspecified atom stereocenters. The predicted molar refractivity (Wildman–Crippen MR) is 128 cm³/mol. The van der Waals surface area contributed by atoms with Gasteiger partial charge in [-0.1, -0.05) is 88.4 Å². The van der Waals surface area contributed by atoms with Gasteiger partial charge < -0.3 is 10.6 Å². The summed E-state index contributed by atoms with van der Waals surface area (Å²) in [5.74, 6) is -0.0507. The second kappa shape index (κ2) is 12.6. The van der Waals surface area contributed by atoms with Gasteiger partial charge >= 0.3 is 6.03 Å². The SMILES string of the molecule is CCC(N=NC(CC)(Cc1ccccc1)NC(=O)NCC(C)C)C(C#N)c1ccccc1. The number of nitrogens with one attached hydrogen (secondary N) is 2. The lowest BCUT2D eigenvalue weighted by molar-refractivity contribution is 0.219. The van der Waals surface area contributed by atoms with E-state index in [0.29, 0.717) is 31.7 Å². The van der Waals surface area contributed by atoms with E-state index in [-0.39, 0.29) is 12.1 Å². The van der Waals surface area contributed by atoms with E-state index in [1.165, 1.54) is 0 Å². The molecule has 0 aliphatic rings. The van der Waals surface area contributed by atoms with E-state index >= 15 is 0 Å². The highest BCUT2D eigenvalue weighted by atomic mass is 16.2. The Balaban J connectivity index is 2.32. The van der Waals surface area contributed by atoms with E-state index in [1.54, 1.807) is 0 Å². The minimum absolute atomic E-state index is 0.261. The maximum atomic E-state index is 12.7. The van der Waals surface area contributed by atoms with Crippen molar-refractivity contribution >= 4 is 6.03 Å². The Morgan fingerprint density at radius 3 is 2.22 bits per heavy atom. The Kier molecular flexibility index (Phi) is 9.87. The summed E-state index contributed by atoms with van der Waals surface area (Å²) in [5, 5.41) is 25.2. The van der Waals surface area contributed by atoms with Crippen LogP contribution in [0.25, 0.3) is 0 Å². The summed E-state index contributed by atoms with van der Waals surface area (Å²) < 4.78 is 0. The highest BCUT2D eigenvalue weighted by Gasteiger charge is 2.32. The van der Waals surface area contributed by atoms with Crippen molar-refractivity contribution in [3.63, 3.8) is 0 Å². The molecule has 0 spiro atoms. The molecule has 0 heterocycles. The van der Waals surface area contributed by atoms with Gasteiger partial charge in [-0.25, -0.2) is 4.79 Å². The number of nitrogens with zero attached hydrogens (tertiary/aromatic N) is 3. The van der Waals surface area contributed by atoms with Crippen LogP contribution in [0.15, 0.2) is 70.9 Å². The number of benzene rings is 2. The second-order valence-electron chi connectivity index (χ2n) is 8.48. The predicted octanol–water partition coefficient (Wildman–Crippen LogP) is 5.83. The van der Waals surface area contributed by atoms with Gasteiger partial charge in [-0.15, -0.1) is 0 Å². The fourth-order valence-electron chi connectivity index (χ4n) is 3.49.